The number of thiazole rings is 1. The van der Waals surface area contributed by atoms with Gasteiger partial charge in [0, 0.05) is 10.9 Å². The Morgan fingerprint density at radius 3 is 2.08 bits per heavy atom. The molecule has 0 aliphatic carbocycles. The van der Waals surface area contributed by atoms with Crippen LogP contribution in [0.25, 0.3) is 34.5 Å². The predicted molar refractivity (Wildman–Crippen MR) is 113 cm³/mol. The molecule has 126 valence electrons. The summed E-state index contributed by atoms with van der Waals surface area (Å²) in [5.41, 5.74) is 7.12. The van der Waals surface area contributed by atoms with Gasteiger partial charge in [-0.25, -0.2) is 4.98 Å². The highest BCUT2D eigenvalue weighted by Crippen LogP contribution is 2.24. The summed E-state index contributed by atoms with van der Waals surface area (Å²) in [6.45, 7) is 2.10. The van der Waals surface area contributed by atoms with Crippen LogP contribution in [-0.2, 0) is 0 Å². The molecule has 26 heavy (non-hydrogen) atoms. The molecule has 0 aliphatic rings. The molecule has 0 unspecified atom stereocenters. The lowest BCUT2D eigenvalue weighted by atomic mass is 10.0. The zero-order valence-electron chi connectivity index (χ0n) is 14.6. The van der Waals surface area contributed by atoms with Crippen LogP contribution in [0.3, 0.4) is 0 Å². The van der Waals surface area contributed by atoms with Crippen LogP contribution in [0, 0.1) is 6.92 Å². The summed E-state index contributed by atoms with van der Waals surface area (Å²) in [4.78, 5) is 4.72. The Labute approximate surface area is 158 Å². The van der Waals surface area contributed by atoms with Crippen molar-refractivity contribution >= 4 is 23.5 Å². The van der Waals surface area contributed by atoms with Gasteiger partial charge in [-0.3, -0.25) is 0 Å². The highest BCUT2D eigenvalue weighted by Gasteiger charge is 2.02. The normalized spacial score (nSPS) is 11.1. The number of hydrogen-bond donors (Lipinski definition) is 0. The fourth-order valence-electron chi connectivity index (χ4n) is 2.81. The molecule has 0 atom stereocenters. The molecule has 1 nitrogen and oxygen atoms in total. The summed E-state index contributed by atoms with van der Waals surface area (Å²) in [7, 11) is 0. The minimum atomic E-state index is 1.02. The predicted octanol–water partition coefficient (Wildman–Crippen LogP) is 6.96. The summed E-state index contributed by atoms with van der Waals surface area (Å²) in [6.07, 6.45) is 4.20. The van der Waals surface area contributed by atoms with Crippen LogP contribution in [0.2, 0.25) is 0 Å². The number of hydrogen-bond acceptors (Lipinski definition) is 2. The van der Waals surface area contributed by atoms with Crippen molar-refractivity contribution in [3.8, 4) is 22.4 Å². The van der Waals surface area contributed by atoms with Crippen LogP contribution in [0.15, 0.2) is 84.2 Å². The Morgan fingerprint density at radius 1 is 0.692 bits per heavy atom. The van der Waals surface area contributed by atoms with Crippen molar-refractivity contribution in [3.05, 3.63) is 100 Å². The monoisotopic (exact) mass is 353 g/mol. The second-order valence-corrected chi connectivity index (χ2v) is 7.15. The van der Waals surface area contributed by atoms with Crippen LogP contribution in [0.1, 0.15) is 16.1 Å². The molecule has 1 aromatic heterocycles. The SMILES string of the molecule is Cc1ccc(-c2csc(C=Cc3ccc(-c4ccccc4)cc3)n2)cc1. The van der Waals surface area contributed by atoms with E-state index in [-0.39, 0.29) is 0 Å². The van der Waals surface area contributed by atoms with Gasteiger partial charge in [-0.05, 0) is 29.7 Å². The second kappa shape index (κ2) is 7.51. The number of aromatic nitrogens is 1. The zero-order chi connectivity index (χ0) is 17.8. The van der Waals surface area contributed by atoms with E-state index >= 15 is 0 Å². The average Bonchev–Trinajstić information content (AvgIpc) is 3.17. The van der Waals surface area contributed by atoms with Gasteiger partial charge in [0.2, 0.25) is 0 Å². The first kappa shape index (κ1) is 16.5. The van der Waals surface area contributed by atoms with Gasteiger partial charge in [0.05, 0.1) is 5.69 Å². The summed E-state index contributed by atoms with van der Waals surface area (Å²) < 4.78 is 0. The van der Waals surface area contributed by atoms with Crippen LogP contribution in [0.5, 0.6) is 0 Å². The molecule has 0 saturated heterocycles. The molecule has 0 spiro atoms. The molecule has 0 bridgehead atoms. The first-order chi connectivity index (χ1) is 12.8. The maximum absolute atomic E-state index is 4.72. The van der Waals surface area contributed by atoms with E-state index in [9.17, 15) is 0 Å². The molecule has 4 rings (SSSR count). The third kappa shape index (κ3) is 3.81. The van der Waals surface area contributed by atoms with E-state index in [4.69, 9.17) is 4.98 Å². The lowest BCUT2D eigenvalue weighted by molar-refractivity contribution is 1.37. The molecule has 0 fully saturated rings. The third-order valence-corrected chi connectivity index (χ3v) is 5.12. The van der Waals surface area contributed by atoms with Gasteiger partial charge in [0.15, 0.2) is 0 Å². The van der Waals surface area contributed by atoms with Crippen LogP contribution in [-0.4, -0.2) is 4.98 Å². The van der Waals surface area contributed by atoms with Gasteiger partial charge in [0.1, 0.15) is 5.01 Å². The maximum Gasteiger partial charge on any atom is 0.116 e. The van der Waals surface area contributed by atoms with E-state index in [0.29, 0.717) is 0 Å². The molecule has 4 aromatic rings. The zero-order valence-corrected chi connectivity index (χ0v) is 15.4. The Kier molecular flexibility index (Phi) is 4.76. The molecule has 0 saturated carbocycles. The topological polar surface area (TPSA) is 12.9 Å². The minimum absolute atomic E-state index is 1.02. The van der Waals surface area contributed by atoms with Gasteiger partial charge in [-0.15, -0.1) is 11.3 Å². The molecular weight excluding hydrogens is 334 g/mol. The van der Waals surface area contributed by atoms with E-state index < -0.39 is 0 Å². The van der Waals surface area contributed by atoms with Crippen LogP contribution < -0.4 is 0 Å². The van der Waals surface area contributed by atoms with E-state index in [1.165, 1.54) is 27.8 Å². The second-order valence-electron chi connectivity index (χ2n) is 6.26. The largest absolute Gasteiger partial charge is 0.237 e. The highest BCUT2D eigenvalue weighted by molar-refractivity contribution is 7.10. The van der Waals surface area contributed by atoms with E-state index in [1.54, 1.807) is 11.3 Å². The van der Waals surface area contributed by atoms with Crippen molar-refractivity contribution in [1.82, 2.24) is 4.98 Å². The maximum atomic E-state index is 4.72. The van der Waals surface area contributed by atoms with Gasteiger partial charge < -0.3 is 0 Å². The smallest absolute Gasteiger partial charge is 0.116 e. The summed E-state index contributed by atoms with van der Waals surface area (Å²) >= 11 is 1.67. The number of nitrogens with zero attached hydrogens (tertiary/aromatic N) is 1. The lowest BCUT2D eigenvalue weighted by Crippen LogP contribution is -1.79. The van der Waals surface area contributed by atoms with E-state index in [1.807, 2.05) is 6.07 Å². The molecule has 0 radical (unpaired) electrons. The quantitative estimate of drug-likeness (QED) is 0.386. The molecular formula is C24H19NS. The Morgan fingerprint density at radius 2 is 1.35 bits per heavy atom. The summed E-state index contributed by atoms with van der Waals surface area (Å²) in [5, 5.41) is 3.13. The lowest BCUT2D eigenvalue weighted by Gasteiger charge is -2.01. The number of rotatable bonds is 4. The minimum Gasteiger partial charge on any atom is -0.237 e. The van der Waals surface area contributed by atoms with E-state index in [2.05, 4.69) is 97.3 Å². The Hall–Kier alpha value is -2.97. The first-order valence-corrected chi connectivity index (χ1v) is 9.52. The molecule has 3 aromatic carbocycles. The number of benzene rings is 3. The van der Waals surface area contributed by atoms with Crippen molar-refractivity contribution in [3.63, 3.8) is 0 Å². The van der Waals surface area contributed by atoms with Crippen molar-refractivity contribution in [2.24, 2.45) is 0 Å². The van der Waals surface area contributed by atoms with Crippen molar-refractivity contribution in [1.29, 1.82) is 0 Å². The van der Waals surface area contributed by atoms with Crippen molar-refractivity contribution in [2.45, 2.75) is 6.92 Å². The Balaban J connectivity index is 1.49. The van der Waals surface area contributed by atoms with Gasteiger partial charge >= 0.3 is 0 Å². The standard InChI is InChI=1S/C24H19NS/c1-18-7-12-22(13-8-18)23-17-26-24(25-23)16-11-19-9-14-21(15-10-19)20-5-3-2-4-6-20/h2-17H,1H3. The van der Waals surface area contributed by atoms with Crippen molar-refractivity contribution < 1.29 is 0 Å². The number of aryl methyl sites for hydroxylation is 1. The molecule has 0 N–H and O–H groups in total. The molecule has 1 heterocycles. The fourth-order valence-corrected chi connectivity index (χ4v) is 3.52. The third-order valence-electron chi connectivity index (χ3n) is 4.31. The van der Waals surface area contributed by atoms with Gasteiger partial charge in [-0.1, -0.05) is 90.5 Å². The first-order valence-electron chi connectivity index (χ1n) is 8.64. The van der Waals surface area contributed by atoms with Crippen LogP contribution in [0.4, 0.5) is 0 Å². The summed E-state index contributed by atoms with van der Waals surface area (Å²) in [5.74, 6) is 0. The highest BCUT2D eigenvalue weighted by atomic mass is 32.1. The van der Waals surface area contributed by atoms with Crippen LogP contribution >= 0.6 is 11.3 Å². The van der Waals surface area contributed by atoms with Crippen molar-refractivity contribution in [2.75, 3.05) is 0 Å². The summed E-state index contributed by atoms with van der Waals surface area (Å²) in [6, 6.07) is 27.6. The molecule has 0 amide bonds. The molecule has 2 heteroatoms. The average molecular weight is 353 g/mol. The Bertz CT molecular complexity index is 1010. The van der Waals surface area contributed by atoms with E-state index in [0.717, 1.165) is 10.7 Å². The molecule has 0 aliphatic heterocycles. The van der Waals surface area contributed by atoms with Gasteiger partial charge in [0.25, 0.3) is 0 Å². The van der Waals surface area contributed by atoms with Gasteiger partial charge in [-0.2, -0.15) is 0 Å². The fraction of sp³-hybridized carbons (Fsp3) is 0.0417.